The number of rotatable bonds is 6. The standard InChI is InChI=1S/C15H24O3Si/c1-3-17-19(16-2,15-12-8-5-9-13-15)18-14-10-6-4-7-11-14/h4,6-7,10-11,15H,3,5,8-9,12-13H2,1-2H3. The highest BCUT2D eigenvalue weighted by molar-refractivity contribution is 6.63. The maximum Gasteiger partial charge on any atom is 0.569 e. The van der Waals surface area contributed by atoms with Crippen LogP contribution in [0.25, 0.3) is 0 Å². The van der Waals surface area contributed by atoms with Crippen molar-refractivity contribution in [2.75, 3.05) is 13.7 Å². The normalized spacial score (nSPS) is 19.9. The van der Waals surface area contributed by atoms with Crippen LogP contribution in [0.15, 0.2) is 30.3 Å². The maximum absolute atomic E-state index is 6.23. The summed E-state index contributed by atoms with van der Waals surface area (Å²) < 4.78 is 18.1. The summed E-state index contributed by atoms with van der Waals surface area (Å²) in [5, 5.41) is 0. The van der Waals surface area contributed by atoms with Crippen molar-refractivity contribution in [2.45, 2.75) is 44.6 Å². The van der Waals surface area contributed by atoms with Crippen LogP contribution >= 0.6 is 0 Å². The SMILES string of the molecule is CCO[Si](OC)(Oc1ccccc1)C1CCCCC1. The molecule has 0 amide bonds. The third-order valence-electron chi connectivity index (χ3n) is 3.74. The average molecular weight is 280 g/mol. The van der Waals surface area contributed by atoms with Gasteiger partial charge in [0.1, 0.15) is 5.75 Å². The van der Waals surface area contributed by atoms with E-state index in [1.165, 1.54) is 19.3 Å². The van der Waals surface area contributed by atoms with Crippen LogP contribution in [-0.2, 0) is 8.85 Å². The molecular formula is C15H24O3Si. The molecule has 1 fully saturated rings. The van der Waals surface area contributed by atoms with E-state index in [9.17, 15) is 0 Å². The van der Waals surface area contributed by atoms with E-state index < -0.39 is 8.80 Å². The zero-order valence-corrected chi connectivity index (χ0v) is 12.9. The van der Waals surface area contributed by atoms with Gasteiger partial charge in [-0.25, -0.2) is 0 Å². The highest BCUT2D eigenvalue weighted by atomic mass is 28.4. The second-order valence-corrected chi connectivity index (χ2v) is 7.92. The van der Waals surface area contributed by atoms with E-state index in [1.54, 1.807) is 7.11 Å². The molecule has 19 heavy (non-hydrogen) atoms. The summed E-state index contributed by atoms with van der Waals surface area (Å²) in [6.45, 7) is 2.65. The second-order valence-electron chi connectivity index (χ2n) is 4.99. The highest BCUT2D eigenvalue weighted by Crippen LogP contribution is 2.39. The monoisotopic (exact) mass is 280 g/mol. The van der Waals surface area contributed by atoms with Crippen molar-refractivity contribution >= 4 is 8.80 Å². The van der Waals surface area contributed by atoms with Crippen molar-refractivity contribution in [3.8, 4) is 5.75 Å². The molecule has 1 unspecified atom stereocenters. The number of para-hydroxylation sites is 1. The van der Waals surface area contributed by atoms with Crippen LogP contribution in [0, 0.1) is 0 Å². The van der Waals surface area contributed by atoms with Crippen LogP contribution in [0.4, 0.5) is 0 Å². The van der Waals surface area contributed by atoms with Gasteiger partial charge < -0.3 is 13.3 Å². The third-order valence-corrected chi connectivity index (χ3v) is 7.10. The van der Waals surface area contributed by atoms with E-state index in [-0.39, 0.29) is 0 Å². The van der Waals surface area contributed by atoms with Crippen LogP contribution < -0.4 is 4.43 Å². The minimum Gasteiger partial charge on any atom is -0.501 e. The van der Waals surface area contributed by atoms with Crippen LogP contribution in [0.2, 0.25) is 5.54 Å². The molecule has 1 aromatic rings. The summed E-state index contributed by atoms with van der Waals surface area (Å²) in [6.07, 6.45) is 6.16. The largest absolute Gasteiger partial charge is 0.569 e. The second kappa shape index (κ2) is 7.08. The highest BCUT2D eigenvalue weighted by Gasteiger charge is 2.51. The molecule has 0 aliphatic heterocycles. The van der Waals surface area contributed by atoms with Gasteiger partial charge in [-0.15, -0.1) is 0 Å². The first-order chi connectivity index (χ1) is 9.30. The first kappa shape index (κ1) is 14.6. The quantitative estimate of drug-likeness (QED) is 0.737. The van der Waals surface area contributed by atoms with Gasteiger partial charge in [-0.2, -0.15) is 0 Å². The molecule has 4 heteroatoms. The van der Waals surface area contributed by atoms with Gasteiger partial charge in [-0.3, -0.25) is 0 Å². The van der Waals surface area contributed by atoms with Crippen molar-refractivity contribution in [1.29, 1.82) is 0 Å². The Kier molecular flexibility index (Phi) is 5.42. The van der Waals surface area contributed by atoms with E-state index in [1.807, 2.05) is 37.3 Å². The summed E-state index contributed by atoms with van der Waals surface area (Å²) in [5.41, 5.74) is 0.436. The molecule has 1 aromatic carbocycles. The predicted octanol–water partition coefficient (Wildman–Crippen LogP) is 4.02. The van der Waals surface area contributed by atoms with Gasteiger partial charge in [0.05, 0.1) is 0 Å². The fourth-order valence-corrected chi connectivity index (χ4v) is 5.79. The minimum atomic E-state index is -2.61. The molecule has 3 nitrogen and oxygen atoms in total. The summed E-state index contributed by atoms with van der Waals surface area (Å²) in [5.74, 6) is 0.857. The molecule has 2 rings (SSSR count). The van der Waals surface area contributed by atoms with Crippen molar-refractivity contribution in [3.05, 3.63) is 30.3 Å². The first-order valence-corrected chi connectivity index (χ1v) is 9.04. The van der Waals surface area contributed by atoms with E-state index in [0.717, 1.165) is 18.6 Å². The van der Waals surface area contributed by atoms with E-state index in [4.69, 9.17) is 13.3 Å². The first-order valence-electron chi connectivity index (χ1n) is 7.24. The smallest absolute Gasteiger partial charge is 0.501 e. The topological polar surface area (TPSA) is 27.7 Å². The van der Waals surface area contributed by atoms with Crippen molar-refractivity contribution in [2.24, 2.45) is 0 Å². The zero-order chi connectivity index (χ0) is 13.6. The number of benzene rings is 1. The third kappa shape index (κ3) is 3.59. The van der Waals surface area contributed by atoms with Gasteiger partial charge in [-0.05, 0) is 31.9 Å². The van der Waals surface area contributed by atoms with Crippen LogP contribution in [0.1, 0.15) is 39.0 Å². The molecule has 0 radical (unpaired) electrons. The summed E-state index contributed by atoms with van der Waals surface area (Å²) >= 11 is 0. The molecular weight excluding hydrogens is 256 g/mol. The summed E-state index contributed by atoms with van der Waals surface area (Å²) in [7, 11) is -0.874. The Balaban J connectivity index is 2.17. The Bertz CT molecular complexity index is 365. The Hall–Kier alpha value is -0.843. The fraction of sp³-hybridized carbons (Fsp3) is 0.600. The van der Waals surface area contributed by atoms with Gasteiger partial charge in [-0.1, -0.05) is 37.5 Å². The molecule has 0 spiro atoms. The lowest BCUT2D eigenvalue weighted by Gasteiger charge is -2.36. The molecule has 106 valence electrons. The predicted molar refractivity (Wildman–Crippen MR) is 78.3 cm³/mol. The Morgan fingerprint density at radius 2 is 1.79 bits per heavy atom. The number of hydrogen-bond donors (Lipinski definition) is 0. The van der Waals surface area contributed by atoms with Crippen LogP contribution in [0.5, 0.6) is 5.75 Å². The van der Waals surface area contributed by atoms with Gasteiger partial charge in [0.2, 0.25) is 0 Å². The molecule has 0 saturated heterocycles. The van der Waals surface area contributed by atoms with Gasteiger partial charge in [0.25, 0.3) is 0 Å². The average Bonchev–Trinajstić information content (AvgIpc) is 2.49. The molecule has 0 heterocycles. The minimum absolute atomic E-state index is 0.436. The molecule has 0 aromatic heterocycles. The molecule has 1 atom stereocenters. The lowest BCUT2D eigenvalue weighted by atomic mass is 10.0. The zero-order valence-electron chi connectivity index (χ0n) is 11.9. The Labute approximate surface area is 117 Å². The van der Waals surface area contributed by atoms with Crippen molar-refractivity contribution < 1.29 is 13.3 Å². The Morgan fingerprint density at radius 3 is 2.37 bits per heavy atom. The van der Waals surface area contributed by atoms with Crippen molar-refractivity contribution in [1.82, 2.24) is 0 Å². The van der Waals surface area contributed by atoms with Gasteiger partial charge in [0.15, 0.2) is 0 Å². The van der Waals surface area contributed by atoms with Crippen molar-refractivity contribution in [3.63, 3.8) is 0 Å². The molecule has 0 N–H and O–H groups in total. The van der Waals surface area contributed by atoms with E-state index in [0.29, 0.717) is 12.1 Å². The van der Waals surface area contributed by atoms with E-state index >= 15 is 0 Å². The fourth-order valence-electron chi connectivity index (χ4n) is 2.81. The van der Waals surface area contributed by atoms with Gasteiger partial charge >= 0.3 is 8.80 Å². The van der Waals surface area contributed by atoms with Gasteiger partial charge in [0, 0.05) is 19.3 Å². The lowest BCUT2D eigenvalue weighted by Crippen LogP contribution is -2.52. The molecule has 1 aliphatic carbocycles. The Morgan fingerprint density at radius 1 is 1.11 bits per heavy atom. The van der Waals surface area contributed by atoms with E-state index in [2.05, 4.69) is 0 Å². The lowest BCUT2D eigenvalue weighted by molar-refractivity contribution is 0.117. The summed E-state index contributed by atoms with van der Waals surface area (Å²) in [6, 6.07) is 9.91. The molecule has 1 saturated carbocycles. The number of hydrogen-bond acceptors (Lipinski definition) is 3. The summed E-state index contributed by atoms with van der Waals surface area (Å²) in [4.78, 5) is 0. The molecule has 1 aliphatic rings. The molecule has 0 bridgehead atoms. The van der Waals surface area contributed by atoms with Crippen LogP contribution in [-0.4, -0.2) is 22.5 Å². The van der Waals surface area contributed by atoms with Crippen LogP contribution in [0.3, 0.4) is 0 Å². The maximum atomic E-state index is 6.23.